The van der Waals surface area contributed by atoms with E-state index in [1.807, 2.05) is 25.1 Å². The maximum Gasteiger partial charge on any atom is 0.251 e. The van der Waals surface area contributed by atoms with Gasteiger partial charge in [-0.05, 0) is 42.8 Å². The molecule has 0 heterocycles. The van der Waals surface area contributed by atoms with Crippen LogP contribution < -0.4 is 19.5 Å². The molecular formula is C18H21NO4. The number of rotatable bonds is 6. The predicted octanol–water partition coefficient (Wildman–Crippen LogP) is 3.20. The Bertz CT molecular complexity index is 684. The van der Waals surface area contributed by atoms with Crippen LogP contribution in [0.1, 0.15) is 28.9 Å². The summed E-state index contributed by atoms with van der Waals surface area (Å²) in [5, 5.41) is 2.96. The summed E-state index contributed by atoms with van der Waals surface area (Å²) < 4.78 is 15.7. The van der Waals surface area contributed by atoms with Crippen molar-refractivity contribution in [3.63, 3.8) is 0 Å². The van der Waals surface area contributed by atoms with E-state index >= 15 is 0 Å². The maximum absolute atomic E-state index is 12.4. The van der Waals surface area contributed by atoms with Crippen molar-refractivity contribution in [1.82, 2.24) is 5.32 Å². The van der Waals surface area contributed by atoms with Crippen molar-refractivity contribution in [2.75, 3.05) is 21.3 Å². The zero-order chi connectivity index (χ0) is 16.8. The zero-order valence-electron chi connectivity index (χ0n) is 13.8. The third kappa shape index (κ3) is 3.94. The van der Waals surface area contributed by atoms with Crippen molar-refractivity contribution in [2.45, 2.75) is 13.0 Å². The van der Waals surface area contributed by atoms with E-state index in [0.29, 0.717) is 22.8 Å². The zero-order valence-corrected chi connectivity index (χ0v) is 13.8. The molecule has 0 aliphatic rings. The topological polar surface area (TPSA) is 56.8 Å². The van der Waals surface area contributed by atoms with Gasteiger partial charge in [0.25, 0.3) is 5.91 Å². The molecule has 0 spiro atoms. The minimum absolute atomic E-state index is 0.161. The van der Waals surface area contributed by atoms with Crippen LogP contribution in [0.3, 0.4) is 0 Å². The molecule has 2 aromatic rings. The highest BCUT2D eigenvalue weighted by atomic mass is 16.5. The molecule has 2 rings (SSSR count). The number of methoxy groups -OCH3 is 3. The van der Waals surface area contributed by atoms with Crippen molar-refractivity contribution < 1.29 is 19.0 Å². The number of carbonyl (C=O) groups excluding carboxylic acids is 1. The third-order valence-corrected chi connectivity index (χ3v) is 3.59. The van der Waals surface area contributed by atoms with Crippen LogP contribution in [0, 0.1) is 0 Å². The Balaban J connectivity index is 2.14. The molecular weight excluding hydrogens is 294 g/mol. The van der Waals surface area contributed by atoms with Crippen LogP contribution in [0.2, 0.25) is 0 Å². The predicted molar refractivity (Wildman–Crippen MR) is 88.4 cm³/mol. The van der Waals surface area contributed by atoms with E-state index < -0.39 is 0 Å². The first-order chi connectivity index (χ1) is 11.1. The third-order valence-electron chi connectivity index (χ3n) is 3.59. The molecule has 23 heavy (non-hydrogen) atoms. The summed E-state index contributed by atoms with van der Waals surface area (Å²) >= 11 is 0. The lowest BCUT2D eigenvalue weighted by Crippen LogP contribution is -2.26. The van der Waals surface area contributed by atoms with Gasteiger partial charge in [-0.2, -0.15) is 0 Å². The van der Waals surface area contributed by atoms with E-state index in [4.69, 9.17) is 14.2 Å². The summed E-state index contributed by atoms with van der Waals surface area (Å²) in [5.41, 5.74) is 1.48. The normalized spacial score (nSPS) is 11.5. The van der Waals surface area contributed by atoms with Gasteiger partial charge in [-0.15, -0.1) is 0 Å². The van der Waals surface area contributed by atoms with E-state index in [-0.39, 0.29) is 11.9 Å². The fourth-order valence-corrected chi connectivity index (χ4v) is 2.25. The number of hydrogen-bond acceptors (Lipinski definition) is 4. The number of hydrogen-bond donors (Lipinski definition) is 1. The molecule has 0 radical (unpaired) electrons. The van der Waals surface area contributed by atoms with E-state index in [9.17, 15) is 4.79 Å². The summed E-state index contributed by atoms with van der Waals surface area (Å²) in [7, 11) is 4.75. The van der Waals surface area contributed by atoms with Gasteiger partial charge in [0.2, 0.25) is 0 Å². The van der Waals surface area contributed by atoms with Gasteiger partial charge in [-0.3, -0.25) is 4.79 Å². The second-order valence-corrected chi connectivity index (χ2v) is 5.04. The van der Waals surface area contributed by atoms with Gasteiger partial charge in [-0.25, -0.2) is 0 Å². The molecule has 0 aromatic heterocycles. The number of carbonyl (C=O) groups is 1. The van der Waals surface area contributed by atoms with Crippen LogP contribution in [-0.2, 0) is 0 Å². The van der Waals surface area contributed by atoms with Crippen molar-refractivity contribution in [1.29, 1.82) is 0 Å². The van der Waals surface area contributed by atoms with Crippen molar-refractivity contribution >= 4 is 5.91 Å². The highest BCUT2D eigenvalue weighted by Crippen LogP contribution is 2.30. The fourth-order valence-electron chi connectivity index (χ4n) is 2.25. The largest absolute Gasteiger partial charge is 0.497 e. The fraction of sp³-hybridized carbons (Fsp3) is 0.278. The minimum Gasteiger partial charge on any atom is -0.497 e. The summed E-state index contributed by atoms with van der Waals surface area (Å²) in [5.74, 6) is 1.78. The molecule has 1 atom stereocenters. The Hall–Kier alpha value is -2.69. The first kappa shape index (κ1) is 16.7. The van der Waals surface area contributed by atoms with Gasteiger partial charge in [0, 0.05) is 5.56 Å². The molecule has 0 bridgehead atoms. The molecule has 5 heteroatoms. The number of ether oxygens (including phenoxy) is 3. The van der Waals surface area contributed by atoms with E-state index in [2.05, 4.69) is 5.32 Å². The summed E-state index contributed by atoms with van der Waals surface area (Å²) in [4.78, 5) is 12.4. The molecule has 0 saturated carbocycles. The molecule has 1 N–H and O–H groups in total. The van der Waals surface area contributed by atoms with Gasteiger partial charge in [-0.1, -0.05) is 12.1 Å². The molecule has 0 unspecified atom stereocenters. The smallest absolute Gasteiger partial charge is 0.251 e. The molecule has 2 aromatic carbocycles. The Kier molecular flexibility index (Phi) is 5.46. The Morgan fingerprint density at radius 3 is 2.35 bits per heavy atom. The number of nitrogens with one attached hydrogen (secondary N) is 1. The average Bonchev–Trinajstić information content (AvgIpc) is 2.60. The van der Waals surface area contributed by atoms with Crippen LogP contribution in [-0.4, -0.2) is 27.2 Å². The Labute approximate surface area is 136 Å². The lowest BCUT2D eigenvalue weighted by molar-refractivity contribution is 0.0939. The molecule has 0 fully saturated rings. The lowest BCUT2D eigenvalue weighted by Gasteiger charge is -2.17. The van der Waals surface area contributed by atoms with E-state index in [0.717, 1.165) is 5.56 Å². The Morgan fingerprint density at radius 1 is 0.957 bits per heavy atom. The monoisotopic (exact) mass is 315 g/mol. The van der Waals surface area contributed by atoms with Gasteiger partial charge >= 0.3 is 0 Å². The summed E-state index contributed by atoms with van der Waals surface area (Å²) in [6.45, 7) is 1.92. The van der Waals surface area contributed by atoms with Crippen LogP contribution >= 0.6 is 0 Å². The van der Waals surface area contributed by atoms with Gasteiger partial charge in [0.1, 0.15) is 5.75 Å². The molecule has 0 saturated heterocycles. The molecule has 1 amide bonds. The second-order valence-electron chi connectivity index (χ2n) is 5.04. The van der Waals surface area contributed by atoms with E-state index in [1.165, 1.54) is 0 Å². The lowest BCUT2D eigenvalue weighted by atomic mass is 10.1. The molecule has 0 aliphatic heterocycles. The van der Waals surface area contributed by atoms with E-state index in [1.54, 1.807) is 45.6 Å². The molecule has 0 aliphatic carbocycles. The van der Waals surface area contributed by atoms with Crippen molar-refractivity contribution in [3.8, 4) is 17.2 Å². The highest BCUT2D eigenvalue weighted by molar-refractivity contribution is 5.94. The quantitative estimate of drug-likeness (QED) is 0.889. The molecule has 122 valence electrons. The summed E-state index contributed by atoms with van der Waals surface area (Å²) in [6, 6.07) is 12.4. The van der Waals surface area contributed by atoms with Crippen LogP contribution in [0.25, 0.3) is 0 Å². The minimum atomic E-state index is -0.173. The van der Waals surface area contributed by atoms with Crippen molar-refractivity contribution in [3.05, 3.63) is 53.6 Å². The average molecular weight is 315 g/mol. The molecule has 5 nitrogen and oxygen atoms in total. The standard InChI is InChI=1S/C18H21NO4/c1-12(13-8-9-16(22-3)17(11-13)23-4)19-18(20)14-6-5-7-15(10-14)21-2/h5-12H,1-4H3,(H,19,20)/t12-/m0/s1. The van der Waals surface area contributed by atoms with Gasteiger partial charge < -0.3 is 19.5 Å². The number of amides is 1. The van der Waals surface area contributed by atoms with Crippen LogP contribution in [0.15, 0.2) is 42.5 Å². The summed E-state index contributed by atoms with van der Waals surface area (Å²) in [6.07, 6.45) is 0. The van der Waals surface area contributed by atoms with Gasteiger partial charge in [0.05, 0.1) is 27.4 Å². The van der Waals surface area contributed by atoms with Gasteiger partial charge in [0.15, 0.2) is 11.5 Å². The second kappa shape index (κ2) is 7.54. The number of benzene rings is 2. The van der Waals surface area contributed by atoms with Crippen molar-refractivity contribution in [2.24, 2.45) is 0 Å². The van der Waals surface area contributed by atoms with Crippen LogP contribution in [0.4, 0.5) is 0 Å². The van der Waals surface area contributed by atoms with Crippen LogP contribution in [0.5, 0.6) is 17.2 Å². The first-order valence-electron chi connectivity index (χ1n) is 7.26. The first-order valence-corrected chi connectivity index (χ1v) is 7.26. The highest BCUT2D eigenvalue weighted by Gasteiger charge is 2.14. The SMILES string of the molecule is COc1cccc(C(=O)N[C@@H](C)c2ccc(OC)c(OC)c2)c1. The Morgan fingerprint density at radius 2 is 1.70 bits per heavy atom. The maximum atomic E-state index is 12.4.